The second kappa shape index (κ2) is 12.3. The molecule has 4 nitrogen and oxygen atoms in total. The van der Waals surface area contributed by atoms with Gasteiger partial charge in [-0.3, -0.25) is 0 Å². The molecule has 0 aromatic carbocycles. The van der Waals surface area contributed by atoms with Crippen molar-refractivity contribution < 1.29 is 8.42 Å². The summed E-state index contributed by atoms with van der Waals surface area (Å²) in [6.45, 7) is 7.33. The van der Waals surface area contributed by atoms with Crippen molar-refractivity contribution in [3.63, 3.8) is 0 Å². The van der Waals surface area contributed by atoms with Gasteiger partial charge < -0.3 is 10.2 Å². The van der Waals surface area contributed by atoms with Crippen LogP contribution >= 0.6 is 0 Å². The Hall–Kier alpha value is -0.130. The van der Waals surface area contributed by atoms with Crippen LogP contribution in [-0.2, 0) is 9.84 Å². The quantitative estimate of drug-likeness (QED) is 0.527. The molecular formula is C17H36N2O2S. The summed E-state index contributed by atoms with van der Waals surface area (Å²) < 4.78 is 24.0. The van der Waals surface area contributed by atoms with Gasteiger partial charge in [-0.25, -0.2) is 8.42 Å². The van der Waals surface area contributed by atoms with E-state index >= 15 is 0 Å². The zero-order valence-corrected chi connectivity index (χ0v) is 15.3. The predicted octanol–water partition coefficient (Wildman–Crippen LogP) is 2.84. The first-order valence-electron chi connectivity index (χ1n) is 9.27. The smallest absolute Gasteiger partial charge is 0.150 e. The van der Waals surface area contributed by atoms with Crippen LogP contribution in [0, 0.1) is 0 Å². The lowest BCUT2D eigenvalue weighted by atomic mass is 10.1. The fraction of sp³-hybridized carbons (Fsp3) is 1.00. The molecule has 1 aliphatic heterocycles. The fourth-order valence-corrected chi connectivity index (χ4v) is 4.42. The average molecular weight is 333 g/mol. The van der Waals surface area contributed by atoms with Crippen LogP contribution in [0.25, 0.3) is 0 Å². The first-order chi connectivity index (χ1) is 10.6. The molecule has 0 unspecified atom stereocenters. The van der Waals surface area contributed by atoms with Gasteiger partial charge in [-0.1, -0.05) is 51.9 Å². The Kier molecular flexibility index (Phi) is 11.1. The largest absolute Gasteiger partial charge is 0.314 e. The van der Waals surface area contributed by atoms with Gasteiger partial charge in [0.1, 0.15) is 9.84 Å². The molecule has 1 heterocycles. The molecular weight excluding hydrogens is 296 g/mol. The van der Waals surface area contributed by atoms with E-state index < -0.39 is 9.84 Å². The highest BCUT2D eigenvalue weighted by Gasteiger charge is 2.13. The van der Waals surface area contributed by atoms with Gasteiger partial charge in [0.05, 0.1) is 11.5 Å². The normalized spacial score (nSPS) is 17.0. The van der Waals surface area contributed by atoms with Crippen molar-refractivity contribution in [1.82, 2.24) is 10.2 Å². The molecule has 0 saturated carbocycles. The summed E-state index contributed by atoms with van der Waals surface area (Å²) in [5.41, 5.74) is 0. The molecule has 0 atom stereocenters. The number of sulfone groups is 1. The lowest BCUT2D eigenvalue weighted by Crippen LogP contribution is -2.44. The Morgan fingerprint density at radius 1 is 0.818 bits per heavy atom. The maximum Gasteiger partial charge on any atom is 0.150 e. The van der Waals surface area contributed by atoms with Crippen LogP contribution in [0.4, 0.5) is 0 Å². The number of piperazine rings is 1. The number of nitrogens with one attached hydrogen (secondary N) is 1. The summed E-state index contributed by atoms with van der Waals surface area (Å²) in [7, 11) is -2.83. The van der Waals surface area contributed by atoms with Crippen LogP contribution in [0.5, 0.6) is 0 Å². The van der Waals surface area contributed by atoms with Crippen LogP contribution in [0.3, 0.4) is 0 Å². The van der Waals surface area contributed by atoms with Gasteiger partial charge in [0.2, 0.25) is 0 Å². The van der Waals surface area contributed by atoms with Gasteiger partial charge in [0.25, 0.3) is 0 Å². The number of rotatable bonds is 13. The Balaban J connectivity index is 1.96. The SMILES string of the molecule is CCCCCCCCCCS(=O)(=O)CCCN1CCNCC1. The van der Waals surface area contributed by atoms with E-state index in [-0.39, 0.29) is 0 Å². The lowest BCUT2D eigenvalue weighted by molar-refractivity contribution is 0.242. The number of hydrogen-bond acceptors (Lipinski definition) is 4. The van der Waals surface area contributed by atoms with Crippen molar-refractivity contribution in [3.8, 4) is 0 Å². The van der Waals surface area contributed by atoms with Gasteiger partial charge in [-0.05, 0) is 19.4 Å². The molecule has 5 heteroatoms. The second-order valence-electron chi connectivity index (χ2n) is 6.57. The van der Waals surface area contributed by atoms with Gasteiger partial charge >= 0.3 is 0 Å². The summed E-state index contributed by atoms with van der Waals surface area (Å²) in [6.07, 6.45) is 10.4. The summed E-state index contributed by atoms with van der Waals surface area (Å²) >= 11 is 0. The van der Waals surface area contributed by atoms with Crippen molar-refractivity contribution in [2.45, 2.75) is 64.7 Å². The number of unbranched alkanes of at least 4 members (excludes halogenated alkanes) is 7. The highest BCUT2D eigenvalue weighted by molar-refractivity contribution is 7.91. The molecule has 0 aromatic rings. The summed E-state index contributed by atoms with van der Waals surface area (Å²) in [4.78, 5) is 2.36. The van der Waals surface area contributed by atoms with Gasteiger partial charge in [-0.15, -0.1) is 0 Å². The highest BCUT2D eigenvalue weighted by atomic mass is 32.2. The maximum atomic E-state index is 12.0. The van der Waals surface area contributed by atoms with E-state index in [0.29, 0.717) is 11.5 Å². The topological polar surface area (TPSA) is 49.4 Å². The van der Waals surface area contributed by atoms with Crippen molar-refractivity contribution in [2.24, 2.45) is 0 Å². The zero-order valence-electron chi connectivity index (χ0n) is 14.5. The molecule has 1 saturated heterocycles. The van der Waals surface area contributed by atoms with E-state index in [4.69, 9.17) is 0 Å². The van der Waals surface area contributed by atoms with Crippen molar-refractivity contribution in [1.29, 1.82) is 0 Å². The third-order valence-corrected chi connectivity index (χ3v) is 6.27. The minimum absolute atomic E-state index is 0.368. The van der Waals surface area contributed by atoms with Gasteiger partial charge in [-0.2, -0.15) is 0 Å². The Morgan fingerprint density at radius 2 is 1.36 bits per heavy atom. The van der Waals surface area contributed by atoms with Gasteiger partial charge in [0, 0.05) is 26.2 Å². The fourth-order valence-electron chi connectivity index (χ4n) is 3.00. The minimum atomic E-state index is -2.83. The standard InChI is InChI=1S/C17H36N2O2S/c1-2-3-4-5-6-7-8-9-16-22(20,21)17-10-13-19-14-11-18-12-15-19/h18H,2-17H2,1H3. The molecule has 1 N–H and O–H groups in total. The molecule has 22 heavy (non-hydrogen) atoms. The molecule has 0 bridgehead atoms. The minimum Gasteiger partial charge on any atom is -0.314 e. The zero-order chi connectivity index (χ0) is 16.1. The maximum absolute atomic E-state index is 12.0. The van der Waals surface area contributed by atoms with Crippen LogP contribution in [0.15, 0.2) is 0 Å². The van der Waals surface area contributed by atoms with Crippen molar-refractivity contribution >= 4 is 9.84 Å². The van der Waals surface area contributed by atoms with E-state index in [1.807, 2.05) is 0 Å². The highest BCUT2D eigenvalue weighted by Crippen LogP contribution is 2.09. The Bertz CT molecular complexity index is 352. The molecule has 132 valence electrons. The van der Waals surface area contributed by atoms with E-state index in [1.165, 1.54) is 38.5 Å². The van der Waals surface area contributed by atoms with E-state index in [2.05, 4.69) is 17.1 Å². The number of nitrogens with zero attached hydrogens (tertiary/aromatic N) is 1. The molecule has 1 fully saturated rings. The van der Waals surface area contributed by atoms with E-state index in [9.17, 15) is 8.42 Å². The summed E-state index contributed by atoms with van der Waals surface area (Å²) in [5.74, 6) is 0.761. The monoisotopic (exact) mass is 332 g/mol. The van der Waals surface area contributed by atoms with Crippen LogP contribution in [0.1, 0.15) is 64.7 Å². The molecule has 0 spiro atoms. The Labute approximate surface area is 138 Å². The van der Waals surface area contributed by atoms with Gasteiger partial charge in [0.15, 0.2) is 0 Å². The predicted molar refractivity (Wildman–Crippen MR) is 95.2 cm³/mol. The summed E-state index contributed by atoms with van der Waals surface area (Å²) in [5, 5.41) is 3.32. The summed E-state index contributed by atoms with van der Waals surface area (Å²) in [6, 6.07) is 0. The van der Waals surface area contributed by atoms with E-state index in [1.54, 1.807) is 0 Å². The lowest BCUT2D eigenvalue weighted by Gasteiger charge is -2.26. The second-order valence-corrected chi connectivity index (χ2v) is 8.88. The molecule has 0 aliphatic carbocycles. The third kappa shape index (κ3) is 10.6. The van der Waals surface area contributed by atoms with Crippen LogP contribution in [0.2, 0.25) is 0 Å². The first-order valence-corrected chi connectivity index (χ1v) is 11.1. The van der Waals surface area contributed by atoms with E-state index in [0.717, 1.165) is 52.0 Å². The molecule has 0 amide bonds. The average Bonchev–Trinajstić information content (AvgIpc) is 2.51. The molecule has 1 aliphatic rings. The van der Waals surface area contributed by atoms with Crippen molar-refractivity contribution in [3.05, 3.63) is 0 Å². The Morgan fingerprint density at radius 3 is 2.00 bits per heavy atom. The van der Waals surface area contributed by atoms with Crippen molar-refractivity contribution in [2.75, 3.05) is 44.2 Å². The molecule has 0 radical (unpaired) electrons. The third-order valence-electron chi connectivity index (χ3n) is 4.45. The number of hydrogen-bond donors (Lipinski definition) is 1. The molecule has 1 rings (SSSR count). The first kappa shape index (κ1) is 19.9. The van der Waals surface area contributed by atoms with Crippen LogP contribution in [-0.4, -0.2) is 57.5 Å². The van der Waals surface area contributed by atoms with Crippen LogP contribution < -0.4 is 5.32 Å². The molecule has 0 aromatic heterocycles.